The lowest BCUT2D eigenvalue weighted by Gasteiger charge is -2.28. The lowest BCUT2D eigenvalue weighted by atomic mass is 9.79. The van der Waals surface area contributed by atoms with Crippen molar-refractivity contribution >= 4 is 11.9 Å². The number of halogens is 1. The summed E-state index contributed by atoms with van der Waals surface area (Å²) in [5, 5.41) is 0. The molecule has 0 spiro atoms. The Morgan fingerprint density at radius 1 is 1.00 bits per heavy atom. The molecule has 0 saturated heterocycles. The molecular formula is C22H31FO4. The van der Waals surface area contributed by atoms with Gasteiger partial charge in [-0.2, -0.15) is 0 Å². The number of hydrogen-bond acceptors (Lipinski definition) is 4. The standard InChI is InChI=1S/C22H31FO4/c1-2-3-4-5-6-9-15-26-21(24)19-13-7-8-14-20(19)22(25)27-18-12-10-11-17(23)16-18/h10-12,16,19-20H,2-9,13-15H2,1H3. The van der Waals surface area contributed by atoms with Crippen LogP contribution in [-0.2, 0) is 14.3 Å². The highest BCUT2D eigenvalue weighted by Crippen LogP contribution is 2.32. The summed E-state index contributed by atoms with van der Waals surface area (Å²) >= 11 is 0. The Labute approximate surface area is 161 Å². The Hall–Kier alpha value is -1.91. The summed E-state index contributed by atoms with van der Waals surface area (Å²) in [5.41, 5.74) is 0. The molecule has 0 bridgehead atoms. The third-order valence-corrected chi connectivity index (χ3v) is 5.13. The second kappa shape index (κ2) is 11.7. The largest absolute Gasteiger partial charge is 0.465 e. The van der Waals surface area contributed by atoms with E-state index in [0.29, 0.717) is 19.4 Å². The van der Waals surface area contributed by atoms with E-state index in [1.165, 1.54) is 43.5 Å². The van der Waals surface area contributed by atoms with Crippen LogP contribution in [0.1, 0.15) is 71.1 Å². The zero-order valence-electron chi connectivity index (χ0n) is 16.3. The van der Waals surface area contributed by atoms with Gasteiger partial charge in [0.15, 0.2) is 0 Å². The first-order valence-electron chi connectivity index (χ1n) is 10.3. The van der Waals surface area contributed by atoms with E-state index in [4.69, 9.17) is 9.47 Å². The molecule has 1 aromatic carbocycles. The normalized spacial score (nSPS) is 19.5. The number of benzene rings is 1. The van der Waals surface area contributed by atoms with E-state index in [2.05, 4.69) is 6.92 Å². The SMILES string of the molecule is CCCCCCCCOC(=O)C1CCCCC1C(=O)Oc1cccc(F)c1. The van der Waals surface area contributed by atoms with Gasteiger partial charge in [0.1, 0.15) is 11.6 Å². The predicted molar refractivity (Wildman–Crippen MR) is 102 cm³/mol. The third-order valence-electron chi connectivity index (χ3n) is 5.13. The van der Waals surface area contributed by atoms with E-state index in [1.54, 1.807) is 0 Å². The molecule has 1 aliphatic rings. The van der Waals surface area contributed by atoms with Crippen molar-refractivity contribution in [3.8, 4) is 5.75 Å². The van der Waals surface area contributed by atoms with Crippen molar-refractivity contribution in [1.29, 1.82) is 0 Å². The first-order chi connectivity index (χ1) is 13.1. The number of ether oxygens (including phenoxy) is 2. The minimum absolute atomic E-state index is 0.171. The van der Waals surface area contributed by atoms with Crippen LogP contribution >= 0.6 is 0 Å². The second-order valence-corrected chi connectivity index (χ2v) is 7.31. The van der Waals surface area contributed by atoms with E-state index < -0.39 is 23.6 Å². The molecule has 0 heterocycles. The highest BCUT2D eigenvalue weighted by atomic mass is 19.1. The molecule has 150 valence electrons. The Morgan fingerprint density at radius 3 is 2.37 bits per heavy atom. The molecule has 0 N–H and O–H groups in total. The van der Waals surface area contributed by atoms with Crippen molar-refractivity contribution in [2.45, 2.75) is 71.1 Å². The van der Waals surface area contributed by atoms with Crippen LogP contribution in [0.25, 0.3) is 0 Å². The molecule has 1 fully saturated rings. The molecule has 0 aliphatic heterocycles. The maximum Gasteiger partial charge on any atom is 0.315 e. The Kier molecular flexibility index (Phi) is 9.29. The monoisotopic (exact) mass is 378 g/mol. The summed E-state index contributed by atoms with van der Waals surface area (Å²) in [7, 11) is 0. The smallest absolute Gasteiger partial charge is 0.315 e. The molecule has 2 atom stereocenters. The molecule has 4 nitrogen and oxygen atoms in total. The average Bonchev–Trinajstić information content (AvgIpc) is 2.67. The Balaban J connectivity index is 1.80. The molecule has 0 radical (unpaired) electrons. The molecule has 0 amide bonds. The lowest BCUT2D eigenvalue weighted by molar-refractivity contribution is -0.158. The summed E-state index contributed by atoms with van der Waals surface area (Å²) in [6, 6.07) is 5.49. The second-order valence-electron chi connectivity index (χ2n) is 7.31. The number of hydrogen-bond donors (Lipinski definition) is 0. The molecule has 27 heavy (non-hydrogen) atoms. The summed E-state index contributed by atoms with van der Waals surface area (Å²) < 4.78 is 24.0. The Morgan fingerprint density at radius 2 is 1.67 bits per heavy atom. The van der Waals surface area contributed by atoms with E-state index >= 15 is 0 Å². The summed E-state index contributed by atoms with van der Waals surface area (Å²) in [6.07, 6.45) is 9.79. The van der Waals surface area contributed by atoms with Crippen LogP contribution in [0.2, 0.25) is 0 Å². The van der Waals surface area contributed by atoms with Crippen molar-refractivity contribution < 1.29 is 23.5 Å². The lowest BCUT2D eigenvalue weighted by Crippen LogP contribution is -2.36. The fourth-order valence-corrected chi connectivity index (χ4v) is 3.58. The third kappa shape index (κ3) is 7.31. The fraction of sp³-hybridized carbons (Fsp3) is 0.636. The number of rotatable bonds is 10. The van der Waals surface area contributed by atoms with Crippen molar-refractivity contribution in [1.82, 2.24) is 0 Å². The highest BCUT2D eigenvalue weighted by molar-refractivity contribution is 5.83. The molecule has 5 heteroatoms. The number of esters is 2. The van der Waals surface area contributed by atoms with Gasteiger partial charge in [0.25, 0.3) is 0 Å². The molecule has 1 saturated carbocycles. The maximum absolute atomic E-state index is 13.3. The van der Waals surface area contributed by atoms with Crippen LogP contribution in [0.3, 0.4) is 0 Å². The minimum Gasteiger partial charge on any atom is -0.465 e. The van der Waals surface area contributed by atoms with Gasteiger partial charge in [0, 0.05) is 6.07 Å². The quantitative estimate of drug-likeness (QED) is 0.309. The zero-order chi connectivity index (χ0) is 19.5. The van der Waals surface area contributed by atoms with Crippen LogP contribution in [-0.4, -0.2) is 18.5 Å². The van der Waals surface area contributed by atoms with Crippen LogP contribution in [0.5, 0.6) is 5.75 Å². The predicted octanol–water partition coefficient (Wildman–Crippen LogP) is 5.44. The van der Waals surface area contributed by atoms with Gasteiger partial charge in [-0.25, -0.2) is 4.39 Å². The maximum atomic E-state index is 13.3. The van der Waals surface area contributed by atoms with Crippen molar-refractivity contribution in [2.24, 2.45) is 11.8 Å². The van der Waals surface area contributed by atoms with Gasteiger partial charge >= 0.3 is 11.9 Å². The van der Waals surface area contributed by atoms with Crippen molar-refractivity contribution in [3.05, 3.63) is 30.1 Å². The van der Waals surface area contributed by atoms with E-state index in [-0.39, 0.29) is 11.7 Å². The fourth-order valence-electron chi connectivity index (χ4n) is 3.58. The first-order valence-corrected chi connectivity index (χ1v) is 10.3. The van der Waals surface area contributed by atoms with Gasteiger partial charge in [0.2, 0.25) is 0 Å². The van der Waals surface area contributed by atoms with Gasteiger partial charge in [0.05, 0.1) is 18.4 Å². The van der Waals surface area contributed by atoms with Crippen molar-refractivity contribution in [2.75, 3.05) is 6.61 Å². The minimum atomic E-state index is -0.515. The van der Waals surface area contributed by atoms with Gasteiger partial charge in [-0.05, 0) is 31.4 Å². The van der Waals surface area contributed by atoms with Gasteiger partial charge in [-0.3, -0.25) is 9.59 Å². The summed E-state index contributed by atoms with van der Waals surface area (Å²) in [4.78, 5) is 25.0. The van der Waals surface area contributed by atoms with Crippen LogP contribution in [0.4, 0.5) is 4.39 Å². The van der Waals surface area contributed by atoms with E-state index in [0.717, 1.165) is 32.1 Å². The van der Waals surface area contributed by atoms with E-state index in [1.807, 2.05) is 0 Å². The van der Waals surface area contributed by atoms with Crippen LogP contribution in [0.15, 0.2) is 24.3 Å². The van der Waals surface area contributed by atoms with Crippen LogP contribution in [0, 0.1) is 17.7 Å². The molecule has 2 unspecified atom stereocenters. The molecular weight excluding hydrogens is 347 g/mol. The van der Waals surface area contributed by atoms with Gasteiger partial charge in [-0.15, -0.1) is 0 Å². The number of unbranched alkanes of at least 4 members (excludes halogenated alkanes) is 5. The molecule has 1 aromatic rings. The summed E-state index contributed by atoms with van der Waals surface area (Å²) in [6.45, 7) is 2.59. The van der Waals surface area contributed by atoms with Gasteiger partial charge < -0.3 is 9.47 Å². The first kappa shape index (κ1) is 21.4. The molecule has 1 aliphatic carbocycles. The number of carbonyl (C=O) groups excluding carboxylic acids is 2. The van der Waals surface area contributed by atoms with Crippen LogP contribution < -0.4 is 4.74 Å². The highest BCUT2D eigenvalue weighted by Gasteiger charge is 2.38. The topological polar surface area (TPSA) is 52.6 Å². The molecule has 2 rings (SSSR count). The molecule has 0 aromatic heterocycles. The Bertz CT molecular complexity index is 602. The number of carbonyl (C=O) groups is 2. The summed E-state index contributed by atoms with van der Waals surface area (Å²) in [5.74, 6) is -2.03. The zero-order valence-corrected chi connectivity index (χ0v) is 16.3. The van der Waals surface area contributed by atoms with Gasteiger partial charge in [-0.1, -0.05) is 57.9 Å². The average molecular weight is 378 g/mol. The van der Waals surface area contributed by atoms with Crippen molar-refractivity contribution in [3.63, 3.8) is 0 Å². The van der Waals surface area contributed by atoms with E-state index in [9.17, 15) is 14.0 Å².